The van der Waals surface area contributed by atoms with Gasteiger partial charge in [0.25, 0.3) is 0 Å². The highest BCUT2D eigenvalue weighted by Gasteiger charge is 2.10. The van der Waals surface area contributed by atoms with Crippen LogP contribution in [-0.2, 0) is 0 Å². The lowest BCUT2D eigenvalue weighted by Crippen LogP contribution is -2.31. The van der Waals surface area contributed by atoms with Crippen LogP contribution in [0.15, 0.2) is 34.6 Å². The maximum absolute atomic E-state index is 4.28. The number of benzene rings is 1. The first kappa shape index (κ1) is 13.4. The molecule has 0 radical (unpaired) electrons. The molecule has 0 saturated heterocycles. The van der Waals surface area contributed by atoms with E-state index in [1.165, 1.54) is 3.57 Å². The zero-order valence-corrected chi connectivity index (χ0v) is 12.3. The SMILES string of the molecule is CC(C)N(N=Nc1ccc(I)cc1)C(C)C. The van der Waals surface area contributed by atoms with Crippen LogP contribution >= 0.6 is 22.6 Å². The zero-order chi connectivity index (χ0) is 12.1. The van der Waals surface area contributed by atoms with Crippen molar-refractivity contribution in [2.24, 2.45) is 10.3 Å². The van der Waals surface area contributed by atoms with Gasteiger partial charge in [0.15, 0.2) is 0 Å². The van der Waals surface area contributed by atoms with Crippen molar-refractivity contribution in [3.05, 3.63) is 27.8 Å². The van der Waals surface area contributed by atoms with Crippen LogP contribution < -0.4 is 0 Å². The molecule has 0 unspecified atom stereocenters. The van der Waals surface area contributed by atoms with Crippen molar-refractivity contribution in [1.82, 2.24) is 5.01 Å². The molecule has 0 atom stereocenters. The predicted octanol–water partition coefficient (Wildman–Crippen LogP) is 4.41. The summed E-state index contributed by atoms with van der Waals surface area (Å²) in [6.07, 6.45) is 0. The standard InChI is InChI=1S/C12H18IN3/c1-9(2)16(10(3)4)15-14-12-7-5-11(13)6-8-12/h5-10H,1-4H3. The molecule has 0 saturated carbocycles. The summed E-state index contributed by atoms with van der Waals surface area (Å²) < 4.78 is 1.21. The van der Waals surface area contributed by atoms with Crippen LogP contribution in [0.5, 0.6) is 0 Å². The minimum Gasteiger partial charge on any atom is -0.273 e. The van der Waals surface area contributed by atoms with Crippen molar-refractivity contribution in [1.29, 1.82) is 0 Å². The Morgan fingerprint density at radius 1 is 1.00 bits per heavy atom. The van der Waals surface area contributed by atoms with E-state index in [1.807, 2.05) is 29.3 Å². The molecular formula is C12H18IN3. The maximum atomic E-state index is 4.28. The molecule has 16 heavy (non-hydrogen) atoms. The summed E-state index contributed by atoms with van der Waals surface area (Å²) in [4.78, 5) is 0. The molecule has 3 nitrogen and oxygen atoms in total. The van der Waals surface area contributed by atoms with Gasteiger partial charge in [-0.05, 0) is 74.6 Å². The highest BCUT2D eigenvalue weighted by atomic mass is 127. The fourth-order valence-corrected chi connectivity index (χ4v) is 1.77. The second kappa shape index (κ2) is 6.18. The number of rotatable bonds is 4. The lowest BCUT2D eigenvalue weighted by molar-refractivity contribution is 0.169. The molecule has 1 aromatic carbocycles. The monoisotopic (exact) mass is 331 g/mol. The molecule has 1 aromatic rings. The average molecular weight is 331 g/mol. The molecule has 88 valence electrons. The van der Waals surface area contributed by atoms with Crippen molar-refractivity contribution in [3.8, 4) is 0 Å². The molecule has 0 amide bonds. The van der Waals surface area contributed by atoms with Crippen molar-refractivity contribution in [2.75, 3.05) is 0 Å². The highest BCUT2D eigenvalue weighted by Crippen LogP contribution is 2.16. The van der Waals surface area contributed by atoms with Gasteiger partial charge in [-0.15, -0.1) is 5.11 Å². The van der Waals surface area contributed by atoms with E-state index < -0.39 is 0 Å². The Hall–Kier alpha value is -0.650. The predicted molar refractivity (Wildman–Crippen MR) is 75.8 cm³/mol. The minimum absolute atomic E-state index is 0.368. The van der Waals surface area contributed by atoms with Gasteiger partial charge >= 0.3 is 0 Å². The first-order chi connectivity index (χ1) is 7.50. The van der Waals surface area contributed by atoms with E-state index in [0.29, 0.717) is 12.1 Å². The van der Waals surface area contributed by atoms with Crippen molar-refractivity contribution < 1.29 is 0 Å². The molecule has 0 aliphatic carbocycles. The minimum atomic E-state index is 0.368. The Kier molecular flexibility index (Phi) is 5.18. The summed E-state index contributed by atoms with van der Waals surface area (Å²) >= 11 is 2.28. The average Bonchev–Trinajstić information content (AvgIpc) is 2.20. The number of hydrogen-bond donors (Lipinski definition) is 0. The Labute approximate surface area is 111 Å². The van der Waals surface area contributed by atoms with Crippen LogP contribution in [0.3, 0.4) is 0 Å². The molecule has 4 heteroatoms. The smallest absolute Gasteiger partial charge is 0.0874 e. The third kappa shape index (κ3) is 4.08. The zero-order valence-electron chi connectivity index (χ0n) is 10.2. The van der Waals surface area contributed by atoms with E-state index in [-0.39, 0.29) is 0 Å². The normalized spacial score (nSPS) is 11.7. The molecule has 0 N–H and O–H groups in total. The first-order valence-corrected chi connectivity index (χ1v) is 6.54. The second-order valence-electron chi connectivity index (χ2n) is 4.23. The van der Waals surface area contributed by atoms with Crippen LogP contribution in [0.1, 0.15) is 27.7 Å². The van der Waals surface area contributed by atoms with Gasteiger partial charge in [0.2, 0.25) is 0 Å². The molecule has 0 fully saturated rings. The summed E-state index contributed by atoms with van der Waals surface area (Å²) in [6, 6.07) is 8.75. The highest BCUT2D eigenvalue weighted by molar-refractivity contribution is 14.1. The summed E-state index contributed by atoms with van der Waals surface area (Å²) in [5, 5.41) is 10.5. The van der Waals surface area contributed by atoms with E-state index in [4.69, 9.17) is 0 Å². The van der Waals surface area contributed by atoms with Crippen LogP contribution in [0.25, 0.3) is 0 Å². The molecule has 0 spiro atoms. The summed E-state index contributed by atoms with van der Waals surface area (Å²) in [6.45, 7) is 8.47. The number of hydrogen-bond acceptors (Lipinski definition) is 2. The van der Waals surface area contributed by atoms with Gasteiger partial charge in [-0.25, -0.2) is 0 Å². The lowest BCUT2D eigenvalue weighted by Gasteiger charge is -2.25. The second-order valence-corrected chi connectivity index (χ2v) is 5.48. The van der Waals surface area contributed by atoms with Crippen LogP contribution in [0.2, 0.25) is 0 Å². The van der Waals surface area contributed by atoms with E-state index in [2.05, 4.69) is 60.6 Å². The fourth-order valence-electron chi connectivity index (χ4n) is 1.41. The van der Waals surface area contributed by atoms with Crippen LogP contribution in [0, 0.1) is 3.57 Å². The Morgan fingerprint density at radius 3 is 1.94 bits per heavy atom. The molecule has 0 heterocycles. The first-order valence-electron chi connectivity index (χ1n) is 5.46. The van der Waals surface area contributed by atoms with Crippen molar-refractivity contribution in [2.45, 2.75) is 39.8 Å². The quantitative estimate of drug-likeness (QED) is 0.456. The van der Waals surface area contributed by atoms with E-state index in [9.17, 15) is 0 Å². The maximum Gasteiger partial charge on any atom is 0.0874 e. The summed E-state index contributed by atoms with van der Waals surface area (Å²) in [5.41, 5.74) is 0.895. The van der Waals surface area contributed by atoms with E-state index in [1.54, 1.807) is 0 Å². The van der Waals surface area contributed by atoms with Gasteiger partial charge in [-0.1, -0.05) is 5.22 Å². The molecular weight excluding hydrogens is 313 g/mol. The number of halogens is 1. The van der Waals surface area contributed by atoms with Gasteiger partial charge in [0.05, 0.1) is 5.69 Å². The molecule has 0 aliphatic rings. The van der Waals surface area contributed by atoms with Gasteiger partial charge in [0.1, 0.15) is 0 Å². The Balaban J connectivity index is 2.74. The van der Waals surface area contributed by atoms with E-state index in [0.717, 1.165) is 5.69 Å². The van der Waals surface area contributed by atoms with Crippen molar-refractivity contribution in [3.63, 3.8) is 0 Å². The van der Waals surface area contributed by atoms with Crippen LogP contribution in [-0.4, -0.2) is 17.1 Å². The van der Waals surface area contributed by atoms with Gasteiger partial charge in [0, 0.05) is 15.7 Å². The van der Waals surface area contributed by atoms with Gasteiger partial charge < -0.3 is 0 Å². The Bertz CT molecular complexity index is 336. The number of nitrogens with zero attached hydrogens (tertiary/aromatic N) is 3. The van der Waals surface area contributed by atoms with E-state index >= 15 is 0 Å². The molecule has 1 rings (SSSR count). The van der Waals surface area contributed by atoms with Crippen LogP contribution in [0.4, 0.5) is 5.69 Å². The molecule has 0 aromatic heterocycles. The third-order valence-corrected chi connectivity index (χ3v) is 2.87. The Morgan fingerprint density at radius 2 is 1.50 bits per heavy atom. The topological polar surface area (TPSA) is 28.0 Å². The lowest BCUT2D eigenvalue weighted by atomic mass is 10.3. The molecule has 0 aliphatic heterocycles. The summed E-state index contributed by atoms with van der Waals surface area (Å²) in [5.74, 6) is 0. The third-order valence-electron chi connectivity index (χ3n) is 2.15. The van der Waals surface area contributed by atoms with Gasteiger partial charge in [-0.3, -0.25) is 5.01 Å². The van der Waals surface area contributed by atoms with Crippen molar-refractivity contribution >= 4 is 28.3 Å². The summed E-state index contributed by atoms with van der Waals surface area (Å²) in [7, 11) is 0. The fraction of sp³-hybridized carbons (Fsp3) is 0.500. The molecule has 0 bridgehead atoms. The largest absolute Gasteiger partial charge is 0.273 e. The van der Waals surface area contributed by atoms with Gasteiger partial charge in [-0.2, -0.15) is 0 Å².